The van der Waals surface area contributed by atoms with Crippen molar-refractivity contribution in [2.75, 3.05) is 19.2 Å². The van der Waals surface area contributed by atoms with Crippen LogP contribution in [0.25, 0.3) is 11.4 Å². The molecule has 0 bridgehead atoms. The van der Waals surface area contributed by atoms with Gasteiger partial charge in [0, 0.05) is 18.4 Å². The van der Waals surface area contributed by atoms with Crippen LogP contribution in [0.4, 0.5) is 0 Å². The van der Waals surface area contributed by atoms with Crippen LogP contribution in [-0.4, -0.2) is 33.9 Å². The van der Waals surface area contributed by atoms with Gasteiger partial charge in [-0.05, 0) is 31.5 Å². The van der Waals surface area contributed by atoms with Gasteiger partial charge in [0.1, 0.15) is 11.5 Å². The van der Waals surface area contributed by atoms with Gasteiger partial charge in [-0.1, -0.05) is 17.8 Å². The first-order valence-corrected chi connectivity index (χ1v) is 9.98. The molecule has 3 heterocycles. The van der Waals surface area contributed by atoms with Gasteiger partial charge < -0.3 is 18.6 Å². The van der Waals surface area contributed by atoms with E-state index in [1.807, 2.05) is 41.8 Å². The van der Waals surface area contributed by atoms with E-state index in [0.29, 0.717) is 13.2 Å². The Labute approximate surface area is 167 Å². The maximum Gasteiger partial charge on any atom is 0.231 e. The summed E-state index contributed by atoms with van der Waals surface area (Å²) in [7, 11) is 0. The lowest BCUT2D eigenvalue weighted by molar-refractivity contribution is 0.173. The van der Waals surface area contributed by atoms with Crippen LogP contribution in [0.5, 0.6) is 17.2 Å². The van der Waals surface area contributed by atoms with E-state index in [1.54, 1.807) is 18.0 Å². The van der Waals surface area contributed by atoms with Crippen LogP contribution in [0.1, 0.15) is 12.2 Å². The third kappa shape index (κ3) is 3.87. The van der Waals surface area contributed by atoms with E-state index in [0.717, 1.165) is 51.7 Å². The van der Waals surface area contributed by atoms with Crippen molar-refractivity contribution < 1.29 is 18.6 Å². The minimum Gasteiger partial charge on any atom is -0.493 e. The molecule has 146 valence electrons. The summed E-state index contributed by atoms with van der Waals surface area (Å²) in [6, 6.07) is 7.52. The van der Waals surface area contributed by atoms with Crippen LogP contribution >= 0.6 is 11.8 Å². The van der Waals surface area contributed by atoms with Crippen molar-refractivity contribution in [3.05, 3.63) is 48.9 Å². The predicted octanol–water partition coefficient (Wildman–Crippen LogP) is 4.32. The van der Waals surface area contributed by atoms with Crippen LogP contribution in [-0.2, 0) is 6.54 Å². The predicted molar refractivity (Wildman–Crippen MR) is 106 cm³/mol. The topological polar surface area (TPSA) is 71.5 Å². The Morgan fingerprint density at radius 2 is 2.14 bits per heavy atom. The monoisotopic (exact) mass is 399 g/mol. The Balaban J connectivity index is 1.32. The lowest BCUT2D eigenvalue weighted by Gasteiger charge is -2.08. The number of rotatable bonds is 9. The number of benzene rings is 1. The molecule has 8 heteroatoms. The standard InChI is InChI=1S/C20H21N3O4S/c1-3-8-23-19(16-7-10-24-14(16)2)21-22-20(23)28-11-4-9-25-15-5-6-17-18(12-15)27-13-26-17/h3,5-7,10,12H,1,4,8-9,11,13H2,2H3. The number of aromatic nitrogens is 3. The average Bonchev–Trinajstić information content (AvgIpc) is 3.42. The van der Waals surface area contributed by atoms with Crippen molar-refractivity contribution in [1.29, 1.82) is 0 Å². The van der Waals surface area contributed by atoms with Crippen LogP contribution in [0.2, 0.25) is 0 Å². The maximum absolute atomic E-state index is 5.81. The number of aryl methyl sites for hydroxylation is 1. The highest BCUT2D eigenvalue weighted by Crippen LogP contribution is 2.35. The van der Waals surface area contributed by atoms with Crippen molar-refractivity contribution in [2.45, 2.75) is 25.0 Å². The molecule has 1 aliphatic heterocycles. The maximum atomic E-state index is 5.81. The summed E-state index contributed by atoms with van der Waals surface area (Å²) in [6.45, 7) is 7.27. The Hall–Kier alpha value is -2.87. The molecular formula is C20H21N3O4S. The quantitative estimate of drug-likeness (QED) is 0.301. The molecule has 0 amide bonds. The normalized spacial score (nSPS) is 12.3. The second kappa shape index (κ2) is 8.43. The van der Waals surface area contributed by atoms with Gasteiger partial charge in [0.15, 0.2) is 22.5 Å². The smallest absolute Gasteiger partial charge is 0.231 e. The summed E-state index contributed by atoms with van der Waals surface area (Å²) in [5.74, 6) is 4.75. The molecule has 0 atom stereocenters. The second-order valence-corrected chi connectivity index (χ2v) is 7.22. The van der Waals surface area contributed by atoms with Gasteiger partial charge in [0.2, 0.25) is 6.79 Å². The molecule has 0 saturated heterocycles. The second-order valence-electron chi connectivity index (χ2n) is 6.16. The van der Waals surface area contributed by atoms with Crippen molar-refractivity contribution in [3.8, 4) is 28.6 Å². The van der Waals surface area contributed by atoms with E-state index >= 15 is 0 Å². The zero-order chi connectivity index (χ0) is 19.3. The van der Waals surface area contributed by atoms with Crippen LogP contribution in [0, 0.1) is 6.92 Å². The fourth-order valence-electron chi connectivity index (χ4n) is 2.88. The van der Waals surface area contributed by atoms with Gasteiger partial charge in [-0.2, -0.15) is 0 Å². The molecule has 0 unspecified atom stereocenters. The van der Waals surface area contributed by atoms with Crippen LogP contribution < -0.4 is 14.2 Å². The highest BCUT2D eigenvalue weighted by atomic mass is 32.2. The summed E-state index contributed by atoms with van der Waals surface area (Å²) in [5.41, 5.74) is 0.951. The van der Waals surface area contributed by atoms with Crippen LogP contribution in [0.3, 0.4) is 0 Å². The first kappa shape index (κ1) is 18.5. The summed E-state index contributed by atoms with van der Waals surface area (Å²) >= 11 is 1.65. The molecule has 0 saturated carbocycles. The molecular weight excluding hydrogens is 378 g/mol. The van der Waals surface area contributed by atoms with Gasteiger partial charge in [-0.25, -0.2) is 0 Å². The van der Waals surface area contributed by atoms with E-state index < -0.39 is 0 Å². The number of allylic oxidation sites excluding steroid dienone is 1. The Morgan fingerprint density at radius 3 is 2.96 bits per heavy atom. The van der Waals surface area contributed by atoms with Gasteiger partial charge in [-0.15, -0.1) is 16.8 Å². The third-order valence-electron chi connectivity index (χ3n) is 4.26. The third-order valence-corrected chi connectivity index (χ3v) is 5.31. The molecule has 3 aromatic rings. The van der Waals surface area contributed by atoms with E-state index in [-0.39, 0.29) is 6.79 Å². The molecule has 28 heavy (non-hydrogen) atoms. The fraction of sp³-hybridized carbons (Fsp3) is 0.300. The number of hydrogen-bond acceptors (Lipinski definition) is 7. The highest BCUT2D eigenvalue weighted by Gasteiger charge is 2.17. The molecule has 2 aromatic heterocycles. The van der Waals surface area contributed by atoms with Crippen molar-refractivity contribution >= 4 is 11.8 Å². The Morgan fingerprint density at radius 1 is 1.25 bits per heavy atom. The summed E-state index contributed by atoms with van der Waals surface area (Å²) in [6.07, 6.45) is 4.38. The number of furan rings is 1. The molecule has 1 aliphatic rings. The zero-order valence-electron chi connectivity index (χ0n) is 15.6. The SMILES string of the molecule is C=CCn1c(SCCCOc2ccc3c(c2)OCO3)nnc1-c1ccoc1C. The van der Waals surface area contributed by atoms with E-state index in [4.69, 9.17) is 18.6 Å². The van der Waals surface area contributed by atoms with Gasteiger partial charge in [0.25, 0.3) is 0 Å². The average molecular weight is 399 g/mol. The molecule has 0 spiro atoms. The van der Waals surface area contributed by atoms with Gasteiger partial charge >= 0.3 is 0 Å². The number of hydrogen-bond donors (Lipinski definition) is 0. The first-order chi connectivity index (χ1) is 13.8. The van der Waals surface area contributed by atoms with E-state index in [2.05, 4.69) is 16.8 Å². The summed E-state index contributed by atoms with van der Waals surface area (Å²) in [4.78, 5) is 0. The Kier molecular flexibility index (Phi) is 5.57. The van der Waals surface area contributed by atoms with Gasteiger partial charge in [-0.3, -0.25) is 4.57 Å². The number of thioether (sulfide) groups is 1. The minimum absolute atomic E-state index is 0.265. The van der Waals surface area contributed by atoms with E-state index in [1.165, 1.54) is 0 Å². The van der Waals surface area contributed by atoms with Crippen molar-refractivity contribution in [3.63, 3.8) is 0 Å². The molecule has 0 radical (unpaired) electrons. The number of ether oxygens (including phenoxy) is 3. The summed E-state index contributed by atoms with van der Waals surface area (Å²) in [5, 5.41) is 9.55. The number of fused-ring (bicyclic) bond motifs is 1. The first-order valence-electron chi connectivity index (χ1n) is 9.00. The van der Waals surface area contributed by atoms with Crippen molar-refractivity contribution in [1.82, 2.24) is 14.8 Å². The molecule has 1 aromatic carbocycles. The minimum atomic E-state index is 0.265. The Bertz CT molecular complexity index is 966. The molecule has 0 aliphatic carbocycles. The number of nitrogens with zero attached hydrogens (tertiary/aromatic N) is 3. The fourth-order valence-corrected chi connectivity index (χ4v) is 3.74. The molecule has 0 N–H and O–H groups in total. The van der Waals surface area contributed by atoms with Crippen molar-refractivity contribution in [2.24, 2.45) is 0 Å². The molecule has 7 nitrogen and oxygen atoms in total. The van der Waals surface area contributed by atoms with E-state index in [9.17, 15) is 0 Å². The lowest BCUT2D eigenvalue weighted by Crippen LogP contribution is -2.02. The zero-order valence-corrected chi connectivity index (χ0v) is 16.4. The highest BCUT2D eigenvalue weighted by molar-refractivity contribution is 7.99. The lowest BCUT2D eigenvalue weighted by atomic mass is 10.2. The molecule has 4 rings (SSSR count). The van der Waals surface area contributed by atoms with Gasteiger partial charge in [0.05, 0.1) is 18.4 Å². The molecule has 0 fully saturated rings. The largest absolute Gasteiger partial charge is 0.493 e. The van der Waals surface area contributed by atoms with Crippen LogP contribution in [0.15, 0.2) is 52.8 Å². The summed E-state index contributed by atoms with van der Waals surface area (Å²) < 4.78 is 23.9.